The molecule has 9 heteroatoms. The quantitative estimate of drug-likeness (QED) is 0.229. The number of aryl methyl sites for hydroxylation is 1. The molecule has 31 heavy (non-hydrogen) atoms. The molecule has 2 aromatic carbocycles. The van der Waals surface area contributed by atoms with E-state index in [2.05, 4.69) is 22.1 Å². The molecule has 0 fully saturated rings. The van der Waals surface area contributed by atoms with Gasteiger partial charge in [-0.3, -0.25) is 14.9 Å². The van der Waals surface area contributed by atoms with Gasteiger partial charge in [-0.05, 0) is 31.0 Å². The van der Waals surface area contributed by atoms with Gasteiger partial charge in [-0.2, -0.15) is 0 Å². The van der Waals surface area contributed by atoms with Crippen molar-refractivity contribution in [2.75, 3.05) is 0 Å². The number of hydrogen-bond acceptors (Lipinski definition) is 6. The third kappa shape index (κ3) is 5.37. The molecule has 3 aromatic rings. The highest BCUT2D eigenvalue weighted by Crippen LogP contribution is 2.25. The molecule has 160 valence electrons. The van der Waals surface area contributed by atoms with E-state index >= 15 is 0 Å². The summed E-state index contributed by atoms with van der Waals surface area (Å²) in [7, 11) is 0. The van der Waals surface area contributed by atoms with Gasteiger partial charge >= 0.3 is 0 Å². The number of aromatic nitrogens is 3. The van der Waals surface area contributed by atoms with Crippen molar-refractivity contribution < 1.29 is 9.72 Å². The van der Waals surface area contributed by atoms with Crippen LogP contribution in [-0.2, 0) is 12.3 Å². The SMILES string of the molecule is C=CCn1c(SCc2ccc([N+](=O)[O-])cc2)nnc1C(C)NC(=O)c1ccccc1C. The number of allylic oxidation sites excluding steroid dienone is 1. The normalized spacial score (nSPS) is 11.7. The molecule has 0 radical (unpaired) electrons. The first-order valence-corrected chi connectivity index (χ1v) is 10.7. The van der Waals surface area contributed by atoms with Gasteiger partial charge in [-0.1, -0.05) is 48.2 Å². The van der Waals surface area contributed by atoms with E-state index in [1.165, 1.54) is 23.9 Å². The van der Waals surface area contributed by atoms with Crippen LogP contribution in [0.15, 0.2) is 66.3 Å². The molecule has 8 nitrogen and oxygen atoms in total. The second-order valence-electron chi connectivity index (χ2n) is 6.96. The van der Waals surface area contributed by atoms with Crippen molar-refractivity contribution in [3.8, 4) is 0 Å². The summed E-state index contributed by atoms with van der Waals surface area (Å²) in [6.45, 7) is 8.06. The van der Waals surface area contributed by atoms with Gasteiger partial charge in [0.05, 0.1) is 11.0 Å². The molecule has 1 aromatic heterocycles. The van der Waals surface area contributed by atoms with E-state index in [-0.39, 0.29) is 17.6 Å². The van der Waals surface area contributed by atoms with Crippen LogP contribution in [0.3, 0.4) is 0 Å². The third-order valence-electron chi connectivity index (χ3n) is 4.70. The molecule has 0 bridgehead atoms. The smallest absolute Gasteiger partial charge is 0.269 e. The predicted octanol–water partition coefficient (Wildman–Crippen LogP) is 4.46. The zero-order valence-corrected chi connectivity index (χ0v) is 18.1. The van der Waals surface area contributed by atoms with Crippen molar-refractivity contribution in [1.29, 1.82) is 0 Å². The molecule has 0 aliphatic rings. The van der Waals surface area contributed by atoms with Crippen molar-refractivity contribution in [2.45, 2.75) is 37.3 Å². The highest BCUT2D eigenvalue weighted by Gasteiger charge is 2.20. The summed E-state index contributed by atoms with van der Waals surface area (Å²) in [4.78, 5) is 23.0. The Hall–Kier alpha value is -3.46. The fourth-order valence-corrected chi connectivity index (χ4v) is 3.97. The lowest BCUT2D eigenvalue weighted by Crippen LogP contribution is -2.29. The van der Waals surface area contributed by atoms with Crippen LogP contribution in [0, 0.1) is 17.0 Å². The Morgan fingerprint density at radius 3 is 2.61 bits per heavy atom. The fraction of sp³-hybridized carbons (Fsp3) is 0.227. The van der Waals surface area contributed by atoms with Crippen molar-refractivity contribution >= 4 is 23.4 Å². The van der Waals surface area contributed by atoms with Crippen molar-refractivity contribution in [1.82, 2.24) is 20.1 Å². The highest BCUT2D eigenvalue weighted by atomic mass is 32.2. The Morgan fingerprint density at radius 2 is 1.97 bits per heavy atom. The van der Waals surface area contributed by atoms with Gasteiger partial charge < -0.3 is 9.88 Å². The third-order valence-corrected chi connectivity index (χ3v) is 5.73. The van der Waals surface area contributed by atoms with Gasteiger partial charge in [-0.25, -0.2) is 0 Å². The first-order valence-electron chi connectivity index (χ1n) is 9.67. The summed E-state index contributed by atoms with van der Waals surface area (Å²) in [6, 6.07) is 13.5. The number of nitro benzene ring substituents is 1. The average molecular weight is 438 g/mol. The summed E-state index contributed by atoms with van der Waals surface area (Å²) < 4.78 is 1.91. The van der Waals surface area contributed by atoms with Gasteiger partial charge in [0.2, 0.25) is 0 Å². The van der Waals surface area contributed by atoms with Crippen LogP contribution in [0.1, 0.15) is 40.3 Å². The molecule has 0 saturated heterocycles. The number of thioether (sulfide) groups is 1. The molecule has 0 spiro atoms. The van der Waals surface area contributed by atoms with Gasteiger partial charge in [0.25, 0.3) is 11.6 Å². The minimum Gasteiger partial charge on any atom is -0.342 e. The fourth-order valence-electron chi connectivity index (χ4n) is 3.06. The number of amides is 1. The summed E-state index contributed by atoms with van der Waals surface area (Å²) in [6.07, 6.45) is 1.75. The number of hydrogen-bond donors (Lipinski definition) is 1. The van der Waals surface area contributed by atoms with Gasteiger partial charge in [0.15, 0.2) is 11.0 Å². The summed E-state index contributed by atoms with van der Waals surface area (Å²) in [5, 5.41) is 23.0. The van der Waals surface area contributed by atoms with Crippen molar-refractivity contribution in [2.24, 2.45) is 0 Å². The lowest BCUT2D eigenvalue weighted by atomic mass is 10.1. The molecule has 1 heterocycles. The number of non-ortho nitro benzene ring substituents is 1. The molecule has 1 amide bonds. The van der Waals surface area contributed by atoms with Crippen LogP contribution in [0.4, 0.5) is 5.69 Å². The number of nitro groups is 1. The van der Waals surface area contributed by atoms with Crippen molar-refractivity contribution in [3.05, 3.63) is 93.8 Å². The Bertz CT molecular complexity index is 1090. The van der Waals surface area contributed by atoms with Crippen LogP contribution >= 0.6 is 11.8 Å². The molecule has 3 rings (SSSR count). The minimum absolute atomic E-state index is 0.0593. The maximum Gasteiger partial charge on any atom is 0.269 e. The van der Waals surface area contributed by atoms with Crippen LogP contribution in [-0.4, -0.2) is 25.6 Å². The molecule has 1 atom stereocenters. The Labute approximate surface area is 184 Å². The van der Waals surface area contributed by atoms with Gasteiger partial charge in [-0.15, -0.1) is 16.8 Å². The number of carbonyl (C=O) groups is 1. The summed E-state index contributed by atoms with van der Waals surface area (Å²) in [5.74, 6) is 1.05. The second kappa shape index (κ2) is 10.0. The van der Waals surface area contributed by atoms with E-state index < -0.39 is 4.92 Å². The van der Waals surface area contributed by atoms with Crippen LogP contribution in [0.2, 0.25) is 0 Å². The van der Waals surface area contributed by atoms with Crippen LogP contribution in [0.5, 0.6) is 0 Å². The first kappa shape index (κ1) is 22.2. The summed E-state index contributed by atoms with van der Waals surface area (Å²) >= 11 is 1.47. The number of nitrogens with one attached hydrogen (secondary N) is 1. The first-order chi connectivity index (χ1) is 14.9. The molecule has 0 aliphatic heterocycles. The highest BCUT2D eigenvalue weighted by molar-refractivity contribution is 7.98. The number of carbonyl (C=O) groups excluding carboxylic acids is 1. The number of benzene rings is 2. The topological polar surface area (TPSA) is 103 Å². The Balaban J connectivity index is 1.73. The predicted molar refractivity (Wildman–Crippen MR) is 120 cm³/mol. The second-order valence-corrected chi connectivity index (χ2v) is 7.90. The molecular formula is C22H23N5O3S. The van der Waals surface area contributed by atoms with E-state index in [1.54, 1.807) is 24.3 Å². The zero-order chi connectivity index (χ0) is 22.4. The standard InChI is InChI=1S/C22H23N5O3S/c1-4-13-26-20(16(3)23-21(28)19-8-6-5-7-15(19)2)24-25-22(26)31-14-17-9-11-18(12-10-17)27(29)30/h4-12,16H,1,13-14H2,2-3H3,(H,23,28). The van der Waals surface area contributed by atoms with E-state index in [0.717, 1.165) is 11.1 Å². The van der Waals surface area contributed by atoms with Gasteiger partial charge in [0, 0.05) is 30.0 Å². The van der Waals surface area contributed by atoms with Gasteiger partial charge in [0.1, 0.15) is 0 Å². The molecule has 0 aliphatic carbocycles. The van der Waals surface area contributed by atoms with Crippen molar-refractivity contribution in [3.63, 3.8) is 0 Å². The average Bonchev–Trinajstić information content (AvgIpc) is 3.15. The molecule has 1 unspecified atom stereocenters. The van der Waals surface area contributed by atoms with Crippen LogP contribution < -0.4 is 5.32 Å². The monoisotopic (exact) mass is 437 g/mol. The van der Waals surface area contributed by atoms with E-state index in [1.807, 2.05) is 36.6 Å². The zero-order valence-electron chi connectivity index (χ0n) is 17.3. The Kier molecular flexibility index (Phi) is 7.19. The lowest BCUT2D eigenvalue weighted by Gasteiger charge is -2.16. The molecular weight excluding hydrogens is 414 g/mol. The maximum atomic E-state index is 12.7. The van der Waals surface area contributed by atoms with E-state index in [0.29, 0.717) is 28.8 Å². The summed E-state index contributed by atoms with van der Waals surface area (Å²) in [5.41, 5.74) is 2.52. The maximum absolute atomic E-state index is 12.7. The largest absolute Gasteiger partial charge is 0.342 e. The number of rotatable bonds is 9. The molecule has 1 N–H and O–H groups in total. The Morgan fingerprint density at radius 1 is 1.26 bits per heavy atom. The molecule has 0 saturated carbocycles. The van der Waals surface area contributed by atoms with E-state index in [4.69, 9.17) is 0 Å². The lowest BCUT2D eigenvalue weighted by molar-refractivity contribution is -0.384. The van der Waals surface area contributed by atoms with Crippen LogP contribution in [0.25, 0.3) is 0 Å². The number of nitrogens with zero attached hydrogens (tertiary/aromatic N) is 4. The minimum atomic E-state index is -0.420. The van der Waals surface area contributed by atoms with E-state index in [9.17, 15) is 14.9 Å².